The fourth-order valence-corrected chi connectivity index (χ4v) is 3.63. The summed E-state index contributed by atoms with van der Waals surface area (Å²) in [7, 11) is 0. The van der Waals surface area contributed by atoms with E-state index in [1.54, 1.807) is 0 Å². The lowest BCUT2D eigenvalue weighted by Crippen LogP contribution is -2.28. The molecule has 1 aliphatic carbocycles. The Kier molecular flexibility index (Phi) is 6.38. The average molecular weight is 367 g/mol. The van der Waals surface area contributed by atoms with Gasteiger partial charge in [0.05, 0.1) is 25.7 Å². The highest BCUT2D eigenvalue weighted by molar-refractivity contribution is 5.79. The predicted octanol–water partition coefficient (Wildman–Crippen LogP) is 4.39. The Labute approximate surface area is 161 Å². The van der Waals surface area contributed by atoms with Crippen molar-refractivity contribution >= 4 is 5.91 Å². The van der Waals surface area contributed by atoms with Gasteiger partial charge in [0.1, 0.15) is 0 Å². The maximum Gasteiger partial charge on any atom is 0.224 e. The first-order valence-corrected chi connectivity index (χ1v) is 9.90. The molecule has 0 heterocycles. The lowest BCUT2D eigenvalue weighted by Gasteiger charge is -2.18. The van der Waals surface area contributed by atoms with Crippen LogP contribution >= 0.6 is 0 Å². The average Bonchev–Trinajstić information content (AvgIpc) is 3.11. The van der Waals surface area contributed by atoms with Crippen molar-refractivity contribution in [1.29, 1.82) is 0 Å². The van der Waals surface area contributed by atoms with E-state index in [-0.39, 0.29) is 11.9 Å². The molecule has 144 valence electrons. The van der Waals surface area contributed by atoms with Crippen LogP contribution in [0.5, 0.6) is 11.5 Å². The van der Waals surface area contributed by atoms with Crippen molar-refractivity contribution in [1.82, 2.24) is 5.32 Å². The quantitative estimate of drug-likeness (QED) is 0.753. The number of amides is 1. The topological polar surface area (TPSA) is 47.6 Å². The summed E-state index contributed by atoms with van der Waals surface area (Å²) in [4.78, 5) is 12.5. The number of carbonyl (C=O) groups excluding carboxylic acids is 1. The largest absolute Gasteiger partial charge is 0.490 e. The molecule has 0 saturated heterocycles. The number of hydrogen-bond acceptors (Lipinski definition) is 3. The number of benzene rings is 2. The van der Waals surface area contributed by atoms with Crippen LogP contribution in [0.3, 0.4) is 0 Å². The van der Waals surface area contributed by atoms with Crippen LogP contribution in [0, 0.1) is 0 Å². The summed E-state index contributed by atoms with van der Waals surface area (Å²) in [6.07, 6.45) is 3.93. The van der Waals surface area contributed by atoms with Gasteiger partial charge < -0.3 is 14.8 Å². The zero-order valence-electron chi connectivity index (χ0n) is 16.5. The molecule has 0 bridgehead atoms. The van der Waals surface area contributed by atoms with Crippen LogP contribution in [0.15, 0.2) is 36.4 Å². The van der Waals surface area contributed by atoms with Gasteiger partial charge in [0.15, 0.2) is 11.5 Å². The van der Waals surface area contributed by atoms with Crippen molar-refractivity contribution in [3.8, 4) is 11.5 Å². The summed E-state index contributed by atoms with van der Waals surface area (Å²) < 4.78 is 11.3. The molecule has 3 rings (SSSR count). The molecule has 1 amide bonds. The molecule has 0 unspecified atom stereocenters. The third-order valence-electron chi connectivity index (χ3n) is 4.97. The maximum atomic E-state index is 12.5. The Bertz CT molecular complexity index is 800. The summed E-state index contributed by atoms with van der Waals surface area (Å²) >= 11 is 0. The molecule has 0 spiro atoms. The number of aryl methyl sites for hydroxylation is 2. The minimum absolute atomic E-state index is 0.0345. The van der Waals surface area contributed by atoms with E-state index in [0.29, 0.717) is 19.6 Å². The second-order valence-corrected chi connectivity index (χ2v) is 6.99. The van der Waals surface area contributed by atoms with E-state index in [1.807, 2.05) is 39.0 Å². The van der Waals surface area contributed by atoms with Crippen molar-refractivity contribution in [2.45, 2.75) is 52.5 Å². The molecule has 0 aliphatic heterocycles. The second-order valence-electron chi connectivity index (χ2n) is 6.99. The molecule has 4 heteroatoms. The highest BCUT2D eigenvalue weighted by atomic mass is 16.5. The van der Waals surface area contributed by atoms with Gasteiger partial charge in [-0.05, 0) is 74.4 Å². The highest BCUT2D eigenvalue weighted by Crippen LogP contribution is 2.31. The Morgan fingerprint density at radius 2 is 1.74 bits per heavy atom. The van der Waals surface area contributed by atoms with Crippen molar-refractivity contribution in [3.05, 3.63) is 58.7 Å². The van der Waals surface area contributed by atoms with Crippen LogP contribution < -0.4 is 14.8 Å². The molecule has 1 N–H and O–H groups in total. The van der Waals surface area contributed by atoms with Crippen LogP contribution in [0.25, 0.3) is 0 Å². The number of carbonyl (C=O) groups is 1. The first-order chi connectivity index (χ1) is 13.1. The van der Waals surface area contributed by atoms with Crippen LogP contribution in [-0.4, -0.2) is 19.1 Å². The predicted molar refractivity (Wildman–Crippen MR) is 108 cm³/mol. The molecule has 1 aliphatic rings. The Morgan fingerprint density at radius 1 is 1.00 bits per heavy atom. The van der Waals surface area contributed by atoms with Crippen molar-refractivity contribution in [2.24, 2.45) is 0 Å². The monoisotopic (exact) mass is 367 g/mol. The zero-order valence-corrected chi connectivity index (χ0v) is 16.5. The van der Waals surface area contributed by atoms with Gasteiger partial charge >= 0.3 is 0 Å². The normalized spacial score (nSPS) is 13.7. The molecule has 2 aromatic carbocycles. The first kappa shape index (κ1) is 19.3. The zero-order chi connectivity index (χ0) is 19.2. The van der Waals surface area contributed by atoms with Crippen molar-refractivity contribution < 1.29 is 14.3 Å². The summed E-state index contributed by atoms with van der Waals surface area (Å²) in [5.74, 6) is 1.49. The maximum absolute atomic E-state index is 12.5. The number of hydrogen-bond donors (Lipinski definition) is 1. The van der Waals surface area contributed by atoms with Crippen LogP contribution in [0.2, 0.25) is 0 Å². The molecule has 0 saturated carbocycles. The molecule has 1 atom stereocenters. The summed E-state index contributed by atoms with van der Waals surface area (Å²) in [6, 6.07) is 12.2. The fraction of sp³-hybridized carbons (Fsp3) is 0.435. The number of fused-ring (bicyclic) bond motifs is 1. The summed E-state index contributed by atoms with van der Waals surface area (Å²) in [5.41, 5.74) is 4.93. The fourth-order valence-electron chi connectivity index (χ4n) is 3.63. The SMILES string of the molecule is CCOc1ccc([C@@H](C)NC(=O)Cc2ccc3c(c2)CCC3)cc1OCC. The highest BCUT2D eigenvalue weighted by Gasteiger charge is 2.15. The van der Waals surface area contributed by atoms with Gasteiger partial charge in [-0.25, -0.2) is 0 Å². The molecule has 0 fully saturated rings. The Hall–Kier alpha value is -2.49. The molecule has 27 heavy (non-hydrogen) atoms. The number of nitrogens with one attached hydrogen (secondary N) is 1. The van der Waals surface area contributed by atoms with Crippen LogP contribution in [-0.2, 0) is 24.1 Å². The van der Waals surface area contributed by atoms with E-state index < -0.39 is 0 Å². The third-order valence-corrected chi connectivity index (χ3v) is 4.97. The molecular weight excluding hydrogens is 338 g/mol. The second kappa shape index (κ2) is 8.94. The van der Waals surface area contributed by atoms with Gasteiger partial charge in [-0.3, -0.25) is 4.79 Å². The van der Waals surface area contributed by atoms with Crippen LogP contribution in [0.4, 0.5) is 0 Å². The molecule has 0 aromatic heterocycles. The molecule has 4 nitrogen and oxygen atoms in total. The minimum atomic E-state index is -0.0955. The minimum Gasteiger partial charge on any atom is -0.490 e. The van der Waals surface area contributed by atoms with Gasteiger partial charge in [0.25, 0.3) is 0 Å². The van der Waals surface area contributed by atoms with Crippen molar-refractivity contribution in [2.75, 3.05) is 13.2 Å². The lowest BCUT2D eigenvalue weighted by molar-refractivity contribution is -0.121. The van der Waals surface area contributed by atoms with Gasteiger partial charge in [-0.15, -0.1) is 0 Å². The van der Waals surface area contributed by atoms with E-state index >= 15 is 0 Å². The lowest BCUT2D eigenvalue weighted by atomic mass is 10.0. The van der Waals surface area contributed by atoms with E-state index in [0.717, 1.165) is 29.0 Å². The van der Waals surface area contributed by atoms with E-state index in [2.05, 4.69) is 23.5 Å². The standard InChI is InChI=1S/C23H29NO3/c1-4-26-21-12-11-19(15-22(21)27-5-2)16(3)24-23(25)14-17-9-10-18-7-6-8-20(18)13-17/h9-13,15-16H,4-8,14H2,1-3H3,(H,24,25)/t16-/m1/s1. The summed E-state index contributed by atoms with van der Waals surface area (Å²) in [5, 5.41) is 3.10. The number of rotatable bonds is 8. The van der Waals surface area contributed by atoms with Gasteiger partial charge in [0, 0.05) is 0 Å². The first-order valence-electron chi connectivity index (χ1n) is 9.90. The number of ether oxygens (including phenoxy) is 2. The molecule has 2 aromatic rings. The van der Waals surface area contributed by atoms with E-state index in [9.17, 15) is 4.79 Å². The molecule has 0 radical (unpaired) electrons. The Balaban J connectivity index is 1.64. The molecular formula is C23H29NO3. The van der Waals surface area contributed by atoms with Crippen LogP contribution in [0.1, 0.15) is 55.5 Å². The summed E-state index contributed by atoms with van der Waals surface area (Å²) in [6.45, 7) is 7.05. The third kappa shape index (κ3) is 4.82. The van der Waals surface area contributed by atoms with Gasteiger partial charge in [0.2, 0.25) is 5.91 Å². The van der Waals surface area contributed by atoms with Gasteiger partial charge in [-0.2, -0.15) is 0 Å². The van der Waals surface area contributed by atoms with Gasteiger partial charge in [-0.1, -0.05) is 24.3 Å². The Morgan fingerprint density at radius 3 is 2.52 bits per heavy atom. The van der Waals surface area contributed by atoms with E-state index in [4.69, 9.17) is 9.47 Å². The van der Waals surface area contributed by atoms with E-state index in [1.165, 1.54) is 24.0 Å². The smallest absolute Gasteiger partial charge is 0.224 e. The van der Waals surface area contributed by atoms with Crippen molar-refractivity contribution in [3.63, 3.8) is 0 Å².